The smallest absolute Gasteiger partial charge is 0.219 e. The van der Waals surface area contributed by atoms with E-state index in [4.69, 9.17) is 0 Å². The van der Waals surface area contributed by atoms with E-state index in [9.17, 15) is 4.79 Å². The predicted molar refractivity (Wildman–Crippen MR) is 49.0 cm³/mol. The van der Waals surface area contributed by atoms with Gasteiger partial charge in [-0.15, -0.1) is 0 Å². The number of likely N-dealkylation sites (N-methyl/N-ethyl adjacent to an activating group) is 1. The highest BCUT2D eigenvalue weighted by Crippen LogP contribution is 2.16. The Hall–Kier alpha value is -0.570. The van der Waals surface area contributed by atoms with Gasteiger partial charge in [0.1, 0.15) is 0 Å². The van der Waals surface area contributed by atoms with E-state index in [1.807, 2.05) is 11.9 Å². The molecular weight excluding hydrogens is 152 g/mol. The molecular formula is C9H18N2O. The maximum Gasteiger partial charge on any atom is 0.219 e. The standard InChI is InChI=1S/C9H18N2O/c1-8(12)11-6-4-3-5-9(11)7-10-2/h9-10H,3-7H2,1-2H3. The molecule has 0 aromatic rings. The summed E-state index contributed by atoms with van der Waals surface area (Å²) in [6.45, 7) is 3.54. The monoisotopic (exact) mass is 170 g/mol. The third-order valence-corrected chi connectivity index (χ3v) is 2.47. The number of amides is 1. The molecule has 1 rings (SSSR count). The maximum atomic E-state index is 11.2. The van der Waals surface area contributed by atoms with Gasteiger partial charge >= 0.3 is 0 Å². The van der Waals surface area contributed by atoms with Gasteiger partial charge in [-0.3, -0.25) is 4.79 Å². The number of nitrogens with zero attached hydrogens (tertiary/aromatic N) is 1. The van der Waals surface area contributed by atoms with Crippen molar-refractivity contribution in [2.24, 2.45) is 0 Å². The van der Waals surface area contributed by atoms with E-state index in [0.29, 0.717) is 6.04 Å². The number of nitrogens with one attached hydrogen (secondary N) is 1. The van der Waals surface area contributed by atoms with Crippen LogP contribution in [-0.4, -0.2) is 37.0 Å². The molecule has 0 radical (unpaired) electrons. The molecule has 3 heteroatoms. The molecule has 1 amide bonds. The summed E-state index contributed by atoms with van der Waals surface area (Å²) in [4.78, 5) is 13.2. The van der Waals surface area contributed by atoms with Crippen LogP contribution in [0.5, 0.6) is 0 Å². The molecule has 0 spiro atoms. The first-order valence-corrected chi connectivity index (χ1v) is 4.67. The summed E-state index contributed by atoms with van der Waals surface area (Å²) in [5.41, 5.74) is 0. The number of piperidine rings is 1. The van der Waals surface area contributed by atoms with Gasteiger partial charge in [-0.2, -0.15) is 0 Å². The third-order valence-electron chi connectivity index (χ3n) is 2.47. The Morgan fingerprint density at radius 1 is 1.58 bits per heavy atom. The van der Waals surface area contributed by atoms with E-state index < -0.39 is 0 Å². The lowest BCUT2D eigenvalue weighted by atomic mass is 10.0. The molecule has 70 valence electrons. The molecule has 1 aliphatic rings. The Kier molecular flexibility index (Phi) is 3.53. The van der Waals surface area contributed by atoms with Crippen molar-refractivity contribution in [3.8, 4) is 0 Å². The topological polar surface area (TPSA) is 32.3 Å². The molecule has 1 heterocycles. The van der Waals surface area contributed by atoms with Gasteiger partial charge in [0.2, 0.25) is 5.91 Å². The zero-order valence-electron chi connectivity index (χ0n) is 7.97. The van der Waals surface area contributed by atoms with Crippen molar-refractivity contribution in [3.63, 3.8) is 0 Å². The fourth-order valence-corrected chi connectivity index (χ4v) is 1.86. The highest BCUT2D eigenvalue weighted by Gasteiger charge is 2.22. The minimum Gasteiger partial charge on any atom is -0.339 e. The molecule has 0 aromatic heterocycles. The van der Waals surface area contributed by atoms with Crippen molar-refractivity contribution in [1.82, 2.24) is 10.2 Å². The van der Waals surface area contributed by atoms with Crippen LogP contribution in [-0.2, 0) is 4.79 Å². The zero-order valence-corrected chi connectivity index (χ0v) is 7.97. The van der Waals surface area contributed by atoms with E-state index in [-0.39, 0.29) is 5.91 Å². The Morgan fingerprint density at radius 3 is 2.92 bits per heavy atom. The lowest BCUT2D eigenvalue weighted by Gasteiger charge is -2.34. The molecule has 1 atom stereocenters. The highest BCUT2D eigenvalue weighted by molar-refractivity contribution is 5.73. The maximum absolute atomic E-state index is 11.2. The van der Waals surface area contributed by atoms with Crippen molar-refractivity contribution >= 4 is 5.91 Å². The van der Waals surface area contributed by atoms with Gasteiger partial charge < -0.3 is 10.2 Å². The fraction of sp³-hybridized carbons (Fsp3) is 0.889. The van der Waals surface area contributed by atoms with Crippen molar-refractivity contribution in [2.75, 3.05) is 20.1 Å². The second-order valence-electron chi connectivity index (χ2n) is 3.42. The SMILES string of the molecule is CNCC1CCCCN1C(C)=O. The number of hydrogen-bond acceptors (Lipinski definition) is 2. The van der Waals surface area contributed by atoms with Crippen LogP contribution in [0.15, 0.2) is 0 Å². The second kappa shape index (κ2) is 4.45. The van der Waals surface area contributed by atoms with Crippen molar-refractivity contribution < 1.29 is 4.79 Å². The van der Waals surface area contributed by atoms with E-state index in [0.717, 1.165) is 19.5 Å². The quantitative estimate of drug-likeness (QED) is 0.658. The van der Waals surface area contributed by atoms with Crippen LogP contribution < -0.4 is 5.32 Å². The van der Waals surface area contributed by atoms with Crippen LogP contribution in [0.3, 0.4) is 0 Å². The molecule has 1 N–H and O–H groups in total. The average molecular weight is 170 g/mol. The molecule has 3 nitrogen and oxygen atoms in total. The lowest BCUT2D eigenvalue weighted by molar-refractivity contribution is -0.132. The van der Waals surface area contributed by atoms with E-state index in [1.165, 1.54) is 12.8 Å². The minimum absolute atomic E-state index is 0.218. The molecule has 0 bridgehead atoms. The van der Waals surface area contributed by atoms with Gasteiger partial charge in [0.25, 0.3) is 0 Å². The summed E-state index contributed by atoms with van der Waals surface area (Å²) in [6.07, 6.45) is 3.58. The Balaban J connectivity index is 2.48. The Labute approximate surface area is 74.1 Å². The van der Waals surface area contributed by atoms with Gasteiger partial charge in [-0.25, -0.2) is 0 Å². The molecule has 0 saturated carbocycles. The molecule has 1 saturated heterocycles. The number of carbonyl (C=O) groups excluding carboxylic acids is 1. The summed E-state index contributed by atoms with van der Waals surface area (Å²) in [6, 6.07) is 0.432. The Morgan fingerprint density at radius 2 is 2.33 bits per heavy atom. The zero-order chi connectivity index (χ0) is 8.97. The van der Waals surface area contributed by atoms with Crippen LogP contribution in [0.1, 0.15) is 26.2 Å². The summed E-state index contributed by atoms with van der Waals surface area (Å²) < 4.78 is 0. The minimum atomic E-state index is 0.218. The number of likely N-dealkylation sites (tertiary alicyclic amines) is 1. The fourth-order valence-electron chi connectivity index (χ4n) is 1.86. The summed E-state index contributed by atoms with van der Waals surface area (Å²) in [7, 11) is 1.94. The van der Waals surface area contributed by atoms with Crippen LogP contribution in [0, 0.1) is 0 Å². The second-order valence-corrected chi connectivity index (χ2v) is 3.42. The average Bonchev–Trinajstić information content (AvgIpc) is 2.05. The summed E-state index contributed by atoms with van der Waals surface area (Å²) in [5, 5.41) is 3.13. The van der Waals surface area contributed by atoms with Crippen LogP contribution in [0.4, 0.5) is 0 Å². The van der Waals surface area contributed by atoms with Gasteiger partial charge in [-0.1, -0.05) is 0 Å². The molecule has 1 unspecified atom stereocenters. The summed E-state index contributed by atoms with van der Waals surface area (Å²) >= 11 is 0. The number of hydrogen-bond donors (Lipinski definition) is 1. The van der Waals surface area contributed by atoms with Crippen molar-refractivity contribution in [3.05, 3.63) is 0 Å². The van der Waals surface area contributed by atoms with Crippen LogP contribution in [0.2, 0.25) is 0 Å². The van der Waals surface area contributed by atoms with Crippen LogP contribution in [0.25, 0.3) is 0 Å². The molecule has 1 fully saturated rings. The first kappa shape index (κ1) is 9.52. The van der Waals surface area contributed by atoms with Crippen molar-refractivity contribution in [2.45, 2.75) is 32.2 Å². The van der Waals surface area contributed by atoms with E-state index in [1.54, 1.807) is 6.92 Å². The molecule has 1 aliphatic heterocycles. The highest BCUT2D eigenvalue weighted by atomic mass is 16.2. The molecule has 0 aromatic carbocycles. The van der Waals surface area contributed by atoms with E-state index in [2.05, 4.69) is 5.32 Å². The van der Waals surface area contributed by atoms with E-state index >= 15 is 0 Å². The Bertz CT molecular complexity index is 157. The van der Waals surface area contributed by atoms with Crippen molar-refractivity contribution in [1.29, 1.82) is 0 Å². The largest absolute Gasteiger partial charge is 0.339 e. The predicted octanol–water partition coefficient (Wildman–Crippen LogP) is 0.607. The normalized spacial score (nSPS) is 24.2. The van der Waals surface area contributed by atoms with Gasteiger partial charge in [0.05, 0.1) is 0 Å². The number of carbonyl (C=O) groups is 1. The summed E-state index contributed by atoms with van der Waals surface area (Å²) in [5.74, 6) is 0.218. The lowest BCUT2D eigenvalue weighted by Crippen LogP contribution is -2.47. The van der Waals surface area contributed by atoms with Gasteiger partial charge in [0, 0.05) is 26.1 Å². The molecule has 12 heavy (non-hydrogen) atoms. The van der Waals surface area contributed by atoms with Gasteiger partial charge in [0.15, 0.2) is 0 Å². The molecule has 0 aliphatic carbocycles. The first-order chi connectivity index (χ1) is 5.75. The third kappa shape index (κ3) is 2.21. The van der Waals surface area contributed by atoms with Gasteiger partial charge in [-0.05, 0) is 26.3 Å². The van der Waals surface area contributed by atoms with Crippen LogP contribution >= 0.6 is 0 Å². The first-order valence-electron chi connectivity index (χ1n) is 4.67. The number of rotatable bonds is 2.